The van der Waals surface area contributed by atoms with Gasteiger partial charge in [0.2, 0.25) is 5.91 Å². The molecule has 1 amide bonds. The number of rotatable bonds is 5. The van der Waals surface area contributed by atoms with E-state index in [2.05, 4.69) is 5.32 Å². The summed E-state index contributed by atoms with van der Waals surface area (Å²) in [5, 5.41) is 2.96. The monoisotopic (exact) mass is 340 g/mol. The Balaban J connectivity index is 1.60. The number of nitrogens with zero attached hydrogens (tertiary/aromatic N) is 1. The maximum absolute atomic E-state index is 12.5. The lowest BCUT2D eigenvalue weighted by Gasteiger charge is -2.25. The molecule has 0 unspecified atom stereocenters. The van der Waals surface area contributed by atoms with Crippen molar-refractivity contribution in [3.05, 3.63) is 53.6 Å². The summed E-state index contributed by atoms with van der Waals surface area (Å²) in [4.78, 5) is 14.5. The van der Waals surface area contributed by atoms with E-state index in [-0.39, 0.29) is 11.9 Å². The molecule has 132 valence electrons. The first-order valence-corrected chi connectivity index (χ1v) is 8.49. The Hall–Kier alpha value is -2.53. The summed E-state index contributed by atoms with van der Waals surface area (Å²) in [6, 6.07) is 13.5. The third-order valence-corrected chi connectivity index (χ3v) is 4.40. The second-order valence-electron chi connectivity index (χ2n) is 6.42. The number of hydrogen-bond donors (Lipinski definition) is 1. The van der Waals surface area contributed by atoms with Gasteiger partial charge in [-0.05, 0) is 50.7 Å². The van der Waals surface area contributed by atoms with Crippen molar-refractivity contribution in [3.8, 4) is 11.5 Å². The molecule has 25 heavy (non-hydrogen) atoms. The van der Waals surface area contributed by atoms with E-state index in [4.69, 9.17) is 9.47 Å². The van der Waals surface area contributed by atoms with E-state index in [0.717, 1.165) is 22.7 Å². The molecule has 2 aromatic rings. The van der Waals surface area contributed by atoms with Crippen molar-refractivity contribution in [1.82, 2.24) is 4.90 Å². The average Bonchev–Trinajstić information content (AvgIpc) is 2.62. The molecule has 1 heterocycles. The number of ether oxygens (including phenoxy) is 2. The number of hydrogen-bond acceptors (Lipinski definition) is 4. The van der Waals surface area contributed by atoms with Crippen LogP contribution in [0.4, 0.5) is 5.69 Å². The van der Waals surface area contributed by atoms with Gasteiger partial charge in [-0.2, -0.15) is 0 Å². The van der Waals surface area contributed by atoms with Gasteiger partial charge >= 0.3 is 0 Å². The Morgan fingerprint density at radius 2 is 1.80 bits per heavy atom. The van der Waals surface area contributed by atoms with Crippen LogP contribution in [0.3, 0.4) is 0 Å². The van der Waals surface area contributed by atoms with Crippen LogP contribution in [0.2, 0.25) is 0 Å². The fourth-order valence-electron chi connectivity index (χ4n) is 2.69. The Labute approximate surface area is 148 Å². The first-order chi connectivity index (χ1) is 12.0. The minimum absolute atomic E-state index is 0.0242. The van der Waals surface area contributed by atoms with Gasteiger partial charge < -0.3 is 14.8 Å². The molecule has 0 aromatic heterocycles. The summed E-state index contributed by atoms with van der Waals surface area (Å²) in [5.74, 6) is 1.53. The molecule has 1 N–H and O–H groups in total. The lowest BCUT2D eigenvalue weighted by molar-refractivity contribution is -0.120. The summed E-state index contributed by atoms with van der Waals surface area (Å²) in [5.41, 5.74) is 3.07. The molecule has 0 aliphatic carbocycles. The third kappa shape index (κ3) is 4.31. The van der Waals surface area contributed by atoms with Crippen LogP contribution in [-0.2, 0) is 11.3 Å². The van der Waals surface area contributed by atoms with Gasteiger partial charge in [0.15, 0.2) is 11.5 Å². The van der Waals surface area contributed by atoms with Crippen molar-refractivity contribution in [1.29, 1.82) is 0 Å². The molecule has 3 rings (SSSR count). The quantitative estimate of drug-likeness (QED) is 0.908. The largest absolute Gasteiger partial charge is 0.486 e. The number of likely N-dealkylation sites (N-methyl/N-ethyl adjacent to an activating group) is 1. The molecule has 0 bridgehead atoms. The molecule has 1 atom stereocenters. The lowest BCUT2D eigenvalue weighted by atomic mass is 10.1. The van der Waals surface area contributed by atoms with Gasteiger partial charge in [-0.1, -0.05) is 23.8 Å². The Bertz CT molecular complexity index is 743. The predicted molar refractivity (Wildman–Crippen MR) is 98.2 cm³/mol. The molecule has 1 aliphatic rings. The zero-order chi connectivity index (χ0) is 17.8. The number of carbonyl (C=O) groups excluding carboxylic acids is 1. The fourth-order valence-corrected chi connectivity index (χ4v) is 2.69. The molecule has 2 aromatic carbocycles. The molecule has 0 saturated heterocycles. The van der Waals surface area contributed by atoms with Crippen molar-refractivity contribution in [3.63, 3.8) is 0 Å². The number of benzene rings is 2. The molecule has 0 fully saturated rings. The van der Waals surface area contributed by atoms with E-state index in [0.29, 0.717) is 19.8 Å². The van der Waals surface area contributed by atoms with E-state index in [1.165, 1.54) is 5.56 Å². The minimum Gasteiger partial charge on any atom is -0.486 e. The summed E-state index contributed by atoms with van der Waals surface area (Å²) in [6.07, 6.45) is 0. The highest BCUT2D eigenvalue weighted by Crippen LogP contribution is 2.31. The first kappa shape index (κ1) is 17.3. The van der Waals surface area contributed by atoms with E-state index in [9.17, 15) is 4.79 Å². The summed E-state index contributed by atoms with van der Waals surface area (Å²) >= 11 is 0. The zero-order valence-corrected chi connectivity index (χ0v) is 14.9. The third-order valence-electron chi connectivity index (χ3n) is 4.40. The van der Waals surface area contributed by atoms with E-state index in [1.54, 1.807) is 0 Å². The van der Waals surface area contributed by atoms with Crippen molar-refractivity contribution < 1.29 is 14.3 Å². The Morgan fingerprint density at radius 3 is 2.52 bits per heavy atom. The topological polar surface area (TPSA) is 50.8 Å². The van der Waals surface area contributed by atoms with Crippen LogP contribution in [0.15, 0.2) is 42.5 Å². The summed E-state index contributed by atoms with van der Waals surface area (Å²) in [7, 11) is 1.94. The second kappa shape index (κ2) is 7.57. The smallest absolute Gasteiger partial charge is 0.241 e. The van der Waals surface area contributed by atoms with E-state index in [1.807, 2.05) is 68.3 Å². The van der Waals surface area contributed by atoms with Crippen LogP contribution in [0, 0.1) is 6.92 Å². The molecular formula is C20H24N2O3. The maximum Gasteiger partial charge on any atom is 0.241 e. The number of fused-ring (bicyclic) bond motifs is 1. The van der Waals surface area contributed by atoms with Crippen molar-refractivity contribution in [2.45, 2.75) is 26.4 Å². The highest BCUT2D eigenvalue weighted by atomic mass is 16.6. The van der Waals surface area contributed by atoms with E-state index < -0.39 is 0 Å². The number of aryl methyl sites for hydroxylation is 1. The van der Waals surface area contributed by atoms with Gasteiger partial charge in [0, 0.05) is 12.2 Å². The SMILES string of the molecule is Cc1ccc(NC(=O)[C@H](C)N(C)Cc2ccc3c(c2)OCCO3)cc1. The van der Waals surface area contributed by atoms with Crippen molar-refractivity contribution >= 4 is 11.6 Å². The van der Waals surface area contributed by atoms with Gasteiger partial charge in [-0.3, -0.25) is 9.69 Å². The first-order valence-electron chi connectivity index (χ1n) is 8.49. The molecule has 1 aliphatic heterocycles. The lowest BCUT2D eigenvalue weighted by Crippen LogP contribution is -2.39. The molecule has 5 nitrogen and oxygen atoms in total. The zero-order valence-electron chi connectivity index (χ0n) is 14.9. The average molecular weight is 340 g/mol. The van der Waals surface area contributed by atoms with Gasteiger partial charge in [0.25, 0.3) is 0 Å². The Kier molecular flexibility index (Phi) is 5.24. The summed E-state index contributed by atoms with van der Waals surface area (Å²) in [6.45, 7) is 5.74. The van der Waals surface area contributed by atoms with Crippen molar-refractivity contribution in [2.24, 2.45) is 0 Å². The van der Waals surface area contributed by atoms with Crippen molar-refractivity contribution in [2.75, 3.05) is 25.6 Å². The molecule has 5 heteroatoms. The summed E-state index contributed by atoms with van der Waals surface area (Å²) < 4.78 is 11.2. The molecule has 0 radical (unpaired) electrons. The van der Waals surface area contributed by atoms with Crippen LogP contribution in [0.25, 0.3) is 0 Å². The number of amides is 1. The van der Waals surface area contributed by atoms with Gasteiger partial charge in [0.1, 0.15) is 13.2 Å². The maximum atomic E-state index is 12.5. The molecular weight excluding hydrogens is 316 g/mol. The van der Waals surface area contributed by atoms with Crippen LogP contribution >= 0.6 is 0 Å². The minimum atomic E-state index is -0.255. The molecule has 0 saturated carbocycles. The highest BCUT2D eigenvalue weighted by Gasteiger charge is 2.19. The van der Waals surface area contributed by atoms with Gasteiger partial charge in [-0.15, -0.1) is 0 Å². The van der Waals surface area contributed by atoms with Crippen LogP contribution in [0.1, 0.15) is 18.1 Å². The molecule has 0 spiro atoms. The highest BCUT2D eigenvalue weighted by molar-refractivity contribution is 5.94. The normalized spacial score (nSPS) is 14.2. The number of carbonyl (C=O) groups is 1. The predicted octanol–water partition coefficient (Wildman–Crippen LogP) is 3.23. The van der Waals surface area contributed by atoms with Gasteiger partial charge in [0.05, 0.1) is 6.04 Å². The standard InChI is InChI=1S/C20H24N2O3/c1-14-4-7-17(8-5-14)21-20(23)15(2)22(3)13-16-6-9-18-19(12-16)25-11-10-24-18/h4-9,12,15H,10-11,13H2,1-3H3,(H,21,23)/t15-/m0/s1. The number of anilines is 1. The second-order valence-corrected chi connectivity index (χ2v) is 6.42. The number of nitrogens with one attached hydrogen (secondary N) is 1. The van der Waals surface area contributed by atoms with E-state index >= 15 is 0 Å². The van der Waals surface area contributed by atoms with Gasteiger partial charge in [-0.25, -0.2) is 0 Å². The Morgan fingerprint density at radius 1 is 1.12 bits per heavy atom. The fraction of sp³-hybridized carbons (Fsp3) is 0.350. The van der Waals surface area contributed by atoms with Crippen LogP contribution < -0.4 is 14.8 Å². The van der Waals surface area contributed by atoms with Crippen LogP contribution in [0.5, 0.6) is 11.5 Å². The van der Waals surface area contributed by atoms with Crippen LogP contribution in [-0.4, -0.2) is 37.1 Å².